The molecule has 1 saturated carbocycles. The number of halogens is 2. The highest BCUT2D eigenvalue weighted by Gasteiger charge is 2.36. The second kappa shape index (κ2) is 4.68. The highest BCUT2D eigenvalue weighted by atomic mass is 19.2. The van der Waals surface area contributed by atoms with Crippen LogP contribution in [0.5, 0.6) is 0 Å². The Bertz CT molecular complexity index is 594. The molecule has 1 aliphatic rings. The third-order valence-electron chi connectivity index (χ3n) is 3.56. The van der Waals surface area contributed by atoms with Gasteiger partial charge in [0.05, 0.1) is 12.2 Å². The first kappa shape index (κ1) is 12.2. The fraction of sp³-hybridized carbons (Fsp3) is 0.333. The normalized spacial score (nSPS) is 21.4. The van der Waals surface area contributed by atoms with E-state index in [4.69, 9.17) is 4.42 Å². The zero-order valence-corrected chi connectivity index (χ0v) is 10.6. The van der Waals surface area contributed by atoms with Gasteiger partial charge in [-0.25, -0.2) is 8.78 Å². The van der Waals surface area contributed by atoms with Crippen molar-refractivity contribution in [3.05, 3.63) is 53.5 Å². The summed E-state index contributed by atoms with van der Waals surface area (Å²) in [7, 11) is 0. The Labute approximate surface area is 110 Å². The summed E-state index contributed by atoms with van der Waals surface area (Å²) in [6.07, 6.45) is 1.17. The summed E-state index contributed by atoms with van der Waals surface area (Å²) >= 11 is 0. The Morgan fingerprint density at radius 2 is 2.05 bits per heavy atom. The van der Waals surface area contributed by atoms with Gasteiger partial charge in [-0.05, 0) is 36.6 Å². The van der Waals surface area contributed by atoms with Crippen LogP contribution in [0.25, 0.3) is 0 Å². The summed E-state index contributed by atoms with van der Waals surface area (Å²) in [6, 6.07) is 7.92. The van der Waals surface area contributed by atoms with Crippen LogP contribution < -0.4 is 5.32 Å². The van der Waals surface area contributed by atoms with E-state index < -0.39 is 11.6 Å². The van der Waals surface area contributed by atoms with E-state index in [1.807, 2.05) is 12.1 Å². The molecule has 1 aromatic heterocycles. The molecule has 1 fully saturated rings. The Morgan fingerprint density at radius 1 is 1.26 bits per heavy atom. The van der Waals surface area contributed by atoms with Gasteiger partial charge in [0.25, 0.3) is 0 Å². The van der Waals surface area contributed by atoms with E-state index in [-0.39, 0.29) is 5.69 Å². The van der Waals surface area contributed by atoms with Gasteiger partial charge in [0.1, 0.15) is 11.5 Å². The summed E-state index contributed by atoms with van der Waals surface area (Å²) in [5.74, 6) is 1.23. The molecule has 2 atom stereocenters. The topological polar surface area (TPSA) is 25.2 Å². The minimum absolute atomic E-state index is 0.151. The molecule has 100 valence electrons. The zero-order valence-electron chi connectivity index (χ0n) is 10.6. The molecule has 0 aliphatic heterocycles. The number of anilines is 1. The molecule has 1 aliphatic carbocycles. The third kappa shape index (κ3) is 2.48. The van der Waals surface area contributed by atoms with Crippen LogP contribution in [0.15, 0.2) is 34.7 Å². The van der Waals surface area contributed by atoms with E-state index >= 15 is 0 Å². The van der Waals surface area contributed by atoms with E-state index in [0.717, 1.165) is 17.6 Å². The first-order valence-corrected chi connectivity index (χ1v) is 6.41. The van der Waals surface area contributed by atoms with Gasteiger partial charge in [-0.1, -0.05) is 13.0 Å². The van der Waals surface area contributed by atoms with Crippen molar-refractivity contribution in [3.63, 3.8) is 0 Å². The van der Waals surface area contributed by atoms with Gasteiger partial charge in [-0.2, -0.15) is 0 Å². The molecule has 0 amide bonds. The van der Waals surface area contributed by atoms with Crippen LogP contribution >= 0.6 is 0 Å². The van der Waals surface area contributed by atoms with Crippen LogP contribution in [-0.2, 0) is 6.54 Å². The summed E-state index contributed by atoms with van der Waals surface area (Å²) in [6.45, 7) is 2.54. The summed E-state index contributed by atoms with van der Waals surface area (Å²) < 4.78 is 32.1. The van der Waals surface area contributed by atoms with Crippen molar-refractivity contribution in [2.45, 2.75) is 25.8 Å². The van der Waals surface area contributed by atoms with Gasteiger partial charge in [-0.3, -0.25) is 0 Å². The second-order valence-electron chi connectivity index (χ2n) is 5.08. The Balaban J connectivity index is 1.66. The SMILES string of the molecule is CC1CC1c1ccc(CNc2cccc(F)c2F)o1. The standard InChI is InChI=1S/C15H15F2NO/c1-9-7-11(9)14-6-5-10(19-14)8-18-13-4-2-3-12(16)15(13)17/h2-6,9,11,18H,7-8H2,1H3. The highest BCUT2D eigenvalue weighted by Crippen LogP contribution is 2.47. The largest absolute Gasteiger partial charge is 0.464 e. The molecule has 4 heteroatoms. The van der Waals surface area contributed by atoms with Crippen LogP contribution in [0.1, 0.15) is 30.8 Å². The molecule has 0 bridgehead atoms. The first-order chi connectivity index (χ1) is 9.15. The number of hydrogen-bond acceptors (Lipinski definition) is 2. The molecule has 1 N–H and O–H groups in total. The molecule has 3 rings (SSSR count). The van der Waals surface area contributed by atoms with Crippen LogP contribution in [-0.4, -0.2) is 0 Å². The molecule has 2 aromatic rings. The lowest BCUT2D eigenvalue weighted by Crippen LogP contribution is -2.01. The Kier molecular flexibility index (Phi) is 3.01. The molecule has 2 unspecified atom stereocenters. The lowest BCUT2D eigenvalue weighted by molar-refractivity contribution is 0.466. The summed E-state index contributed by atoms with van der Waals surface area (Å²) in [5, 5.41) is 2.85. The molecule has 19 heavy (non-hydrogen) atoms. The van der Waals surface area contributed by atoms with Crippen molar-refractivity contribution in [1.82, 2.24) is 0 Å². The number of hydrogen-bond donors (Lipinski definition) is 1. The fourth-order valence-electron chi connectivity index (χ4n) is 2.23. The van der Waals surface area contributed by atoms with Gasteiger partial charge in [0.2, 0.25) is 0 Å². The van der Waals surface area contributed by atoms with E-state index in [1.54, 1.807) is 0 Å². The minimum atomic E-state index is -0.856. The number of rotatable bonds is 4. The molecular formula is C15H15F2NO. The quantitative estimate of drug-likeness (QED) is 0.890. The lowest BCUT2D eigenvalue weighted by Gasteiger charge is -2.06. The Morgan fingerprint density at radius 3 is 2.79 bits per heavy atom. The third-order valence-corrected chi connectivity index (χ3v) is 3.56. The molecule has 0 radical (unpaired) electrons. The molecule has 1 heterocycles. The maximum Gasteiger partial charge on any atom is 0.181 e. The van der Waals surface area contributed by atoms with Crippen LogP contribution in [0.4, 0.5) is 14.5 Å². The Hall–Kier alpha value is -1.84. The summed E-state index contributed by atoms with van der Waals surface area (Å²) in [4.78, 5) is 0. The molecular weight excluding hydrogens is 248 g/mol. The maximum absolute atomic E-state index is 13.4. The van der Waals surface area contributed by atoms with Crippen LogP contribution in [0, 0.1) is 17.6 Å². The molecule has 0 saturated heterocycles. The second-order valence-corrected chi connectivity index (χ2v) is 5.08. The van der Waals surface area contributed by atoms with Crippen molar-refractivity contribution in [2.75, 3.05) is 5.32 Å². The summed E-state index contributed by atoms with van der Waals surface area (Å²) in [5.41, 5.74) is 0.151. The van der Waals surface area contributed by atoms with Crippen molar-refractivity contribution in [1.29, 1.82) is 0 Å². The van der Waals surface area contributed by atoms with Gasteiger partial charge >= 0.3 is 0 Å². The molecule has 2 nitrogen and oxygen atoms in total. The van der Waals surface area contributed by atoms with Crippen molar-refractivity contribution >= 4 is 5.69 Å². The average molecular weight is 263 g/mol. The predicted octanol–water partition coefficient (Wildman–Crippen LogP) is 4.29. The van der Waals surface area contributed by atoms with E-state index in [2.05, 4.69) is 12.2 Å². The van der Waals surface area contributed by atoms with Crippen LogP contribution in [0.3, 0.4) is 0 Å². The zero-order chi connectivity index (χ0) is 13.4. The highest BCUT2D eigenvalue weighted by molar-refractivity contribution is 5.45. The smallest absolute Gasteiger partial charge is 0.181 e. The molecule has 1 aromatic carbocycles. The number of nitrogens with one attached hydrogen (secondary N) is 1. The minimum Gasteiger partial charge on any atom is -0.464 e. The monoisotopic (exact) mass is 263 g/mol. The van der Waals surface area contributed by atoms with Crippen LogP contribution in [0.2, 0.25) is 0 Å². The van der Waals surface area contributed by atoms with Crippen molar-refractivity contribution in [2.24, 2.45) is 5.92 Å². The fourth-order valence-corrected chi connectivity index (χ4v) is 2.23. The van der Waals surface area contributed by atoms with Gasteiger partial charge in [-0.15, -0.1) is 0 Å². The van der Waals surface area contributed by atoms with Crippen molar-refractivity contribution in [3.8, 4) is 0 Å². The number of furan rings is 1. The van der Waals surface area contributed by atoms with E-state index in [9.17, 15) is 8.78 Å². The lowest BCUT2D eigenvalue weighted by atomic mass is 10.2. The van der Waals surface area contributed by atoms with Gasteiger partial charge < -0.3 is 9.73 Å². The average Bonchev–Trinajstić information content (AvgIpc) is 2.94. The van der Waals surface area contributed by atoms with Gasteiger partial charge in [0, 0.05) is 5.92 Å². The van der Waals surface area contributed by atoms with Crippen molar-refractivity contribution < 1.29 is 13.2 Å². The van der Waals surface area contributed by atoms with Gasteiger partial charge in [0.15, 0.2) is 11.6 Å². The van der Waals surface area contributed by atoms with E-state index in [1.165, 1.54) is 18.6 Å². The molecule has 0 spiro atoms. The number of benzene rings is 1. The predicted molar refractivity (Wildman–Crippen MR) is 68.9 cm³/mol. The van der Waals surface area contributed by atoms with E-state index in [0.29, 0.717) is 18.4 Å². The first-order valence-electron chi connectivity index (χ1n) is 6.41. The maximum atomic E-state index is 13.4.